The largest absolute Gasteiger partial charge is 0.396 e. The molecule has 23 heavy (non-hydrogen) atoms. The van der Waals surface area contributed by atoms with Gasteiger partial charge in [-0.3, -0.25) is 4.98 Å². The average molecular weight is 313 g/mol. The summed E-state index contributed by atoms with van der Waals surface area (Å²) in [6.07, 6.45) is 20.7. The lowest BCUT2D eigenvalue weighted by molar-refractivity contribution is 0.282. The van der Waals surface area contributed by atoms with Gasteiger partial charge < -0.3 is 5.11 Å². The van der Waals surface area contributed by atoms with E-state index in [1.807, 2.05) is 24.5 Å². The lowest BCUT2D eigenvalue weighted by Crippen LogP contribution is -1.85. The fourth-order valence-corrected chi connectivity index (χ4v) is 2.44. The minimum absolute atomic E-state index is 0.338. The average Bonchev–Trinajstić information content (AvgIpc) is 2.59. The van der Waals surface area contributed by atoms with Gasteiger partial charge in [0.25, 0.3) is 0 Å². The molecule has 0 fully saturated rings. The van der Waals surface area contributed by atoms with Gasteiger partial charge in [-0.2, -0.15) is 0 Å². The molecule has 0 saturated heterocycles. The predicted octanol–water partition coefficient (Wildman–Crippen LogP) is 5.08. The Balaban J connectivity index is 1.88. The summed E-state index contributed by atoms with van der Waals surface area (Å²) < 4.78 is 0. The summed E-state index contributed by atoms with van der Waals surface area (Å²) >= 11 is 0. The topological polar surface area (TPSA) is 33.1 Å². The Labute approximate surface area is 142 Å². The molecule has 0 aliphatic rings. The highest BCUT2D eigenvalue weighted by atomic mass is 16.2. The summed E-state index contributed by atoms with van der Waals surface area (Å²) in [5, 5.41) is 8.69. The van der Waals surface area contributed by atoms with Crippen molar-refractivity contribution in [3.05, 3.63) is 42.2 Å². The molecule has 0 bridgehead atoms. The molecule has 1 N–H and O–H groups in total. The van der Waals surface area contributed by atoms with Crippen LogP contribution in [0.2, 0.25) is 0 Å². The zero-order chi connectivity index (χ0) is 16.4. The maximum absolute atomic E-state index is 8.69. The molecular weight excluding hydrogens is 282 g/mol. The number of aliphatic hydroxyl groups excluding tert-OH is 1. The molecular formula is C21H31NO. The number of hydrogen-bond acceptors (Lipinski definition) is 2. The van der Waals surface area contributed by atoms with Gasteiger partial charge in [-0.05, 0) is 56.2 Å². The van der Waals surface area contributed by atoms with Crippen LogP contribution in [0.1, 0.15) is 69.8 Å². The molecule has 1 rings (SSSR count). The van der Waals surface area contributed by atoms with Crippen LogP contribution in [0, 0.1) is 11.8 Å². The number of pyridine rings is 1. The minimum Gasteiger partial charge on any atom is -0.396 e. The standard InChI is InChI=1S/C21H31NO/c23-19-14-12-10-8-6-4-2-1-3-5-7-9-11-13-16-21-17-15-18-22-20-21/h1,3,15,17-18,20,23H,2,4,6,8-14,16,19H2/b3-1-. The molecule has 0 aliphatic carbocycles. The summed E-state index contributed by atoms with van der Waals surface area (Å²) in [6, 6.07) is 4.13. The highest BCUT2D eigenvalue weighted by Crippen LogP contribution is 2.07. The first kappa shape index (κ1) is 19.5. The van der Waals surface area contributed by atoms with E-state index in [1.165, 1.54) is 44.1 Å². The monoisotopic (exact) mass is 313 g/mol. The fourth-order valence-electron chi connectivity index (χ4n) is 2.44. The van der Waals surface area contributed by atoms with Crippen LogP contribution in [-0.2, 0) is 6.42 Å². The number of rotatable bonds is 12. The zero-order valence-electron chi connectivity index (χ0n) is 14.3. The maximum Gasteiger partial charge on any atom is 0.0431 e. The maximum atomic E-state index is 8.69. The third kappa shape index (κ3) is 12.6. The normalized spacial score (nSPS) is 10.7. The first-order valence-electron chi connectivity index (χ1n) is 9.06. The van der Waals surface area contributed by atoms with Crippen LogP contribution in [0.15, 0.2) is 36.7 Å². The number of nitrogens with zero attached hydrogens (tertiary/aromatic N) is 1. The van der Waals surface area contributed by atoms with Crippen LogP contribution < -0.4 is 0 Å². The molecule has 0 radical (unpaired) electrons. The fraction of sp³-hybridized carbons (Fsp3) is 0.571. The van der Waals surface area contributed by atoms with E-state index < -0.39 is 0 Å². The number of aliphatic hydroxyl groups is 1. The first-order valence-corrected chi connectivity index (χ1v) is 9.06. The van der Waals surface area contributed by atoms with E-state index in [4.69, 9.17) is 5.11 Å². The molecule has 0 unspecified atom stereocenters. The molecule has 0 amide bonds. The molecule has 1 heterocycles. The Kier molecular flexibility index (Phi) is 13.0. The lowest BCUT2D eigenvalue weighted by atomic mass is 10.1. The van der Waals surface area contributed by atoms with Gasteiger partial charge in [0.2, 0.25) is 0 Å². The van der Waals surface area contributed by atoms with E-state index in [-0.39, 0.29) is 0 Å². The summed E-state index contributed by atoms with van der Waals surface area (Å²) in [5.74, 6) is 6.35. The second kappa shape index (κ2) is 15.3. The van der Waals surface area contributed by atoms with E-state index in [9.17, 15) is 0 Å². The van der Waals surface area contributed by atoms with E-state index >= 15 is 0 Å². The van der Waals surface area contributed by atoms with E-state index in [2.05, 4.69) is 29.0 Å². The van der Waals surface area contributed by atoms with Crippen LogP contribution in [0.25, 0.3) is 0 Å². The quantitative estimate of drug-likeness (QED) is 0.431. The van der Waals surface area contributed by atoms with Crippen molar-refractivity contribution in [2.24, 2.45) is 0 Å². The number of aryl methyl sites for hydroxylation is 1. The Morgan fingerprint density at radius 3 is 2.61 bits per heavy atom. The molecule has 0 saturated carbocycles. The molecule has 0 aromatic carbocycles. The van der Waals surface area contributed by atoms with Crippen molar-refractivity contribution in [3.8, 4) is 11.8 Å². The van der Waals surface area contributed by atoms with Gasteiger partial charge in [-0.1, -0.05) is 49.7 Å². The highest BCUT2D eigenvalue weighted by Gasteiger charge is 1.91. The minimum atomic E-state index is 0.338. The van der Waals surface area contributed by atoms with Gasteiger partial charge >= 0.3 is 0 Å². The van der Waals surface area contributed by atoms with Crippen molar-refractivity contribution in [1.29, 1.82) is 0 Å². The van der Waals surface area contributed by atoms with Crippen molar-refractivity contribution >= 4 is 0 Å². The highest BCUT2D eigenvalue weighted by molar-refractivity contribution is 5.15. The van der Waals surface area contributed by atoms with Gasteiger partial charge in [-0.25, -0.2) is 0 Å². The van der Waals surface area contributed by atoms with Crippen LogP contribution in [0.4, 0.5) is 0 Å². The van der Waals surface area contributed by atoms with Crippen LogP contribution in [0.3, 0.4) is 0 Å². The van der Waals surface area contributed by atoms with Crippen molar-refractivity contribution in [2.75, 3.05) is 6.61 Å². The number of hydrogen-bond donors (Lipinski definition) is 1. The van der Waals surface area contributed by atoms with Gasteiger partial charge in [0.05, 0.1) is 0 Å². The van der Waals surface area contributed by atoms with Crippen molar-refractivity contribution in [1.82, 2.24) is 4.98 Å². The molecule has 0 atom stereocenters. The molecule has 0 spiro atoms. The van der Waals surface area contributed by atoms with Gasteiger partial charge in [0, 0.05) is 25.4 Å². The number of aromatic nitrogens is 1. The zero-order valence-corrected chi connectivity index (χ0v) is 14.3. The second-order valence-electron chi connectivity index (χ2n) is 5.93. The Bertz CT molecular complexity index is 456. The van der Waals surface area contributed by atoms with Crippen LogP contribution in [-0.4, -0.2) is 16.7 Å². The Morgan fingerprint density at radius 1 is 1.00 bits per heavy atom. The van der Waals surface area contributed by atoms with Crippen molar-refractivity contribution < 1.29 is 5.11 Å². The van der Waals surface area contributed by atoms with Crippen LogP contribution in [0.5, 0.6) is 0 Å². The molecule has 126 valence electrons. The predicted molar refractivity (Wildman–Crippen MR) is 98.1 cm³/mol. The smallest absolute Gasteiger partial charge is 0.0431 e. The van der Waals surface area contributed by atoms with E-state index in [1.54, 1.807) is 0 Å². The SMILES string of the molecule is OCCCCCCCC/C=C\C#CCCCCc1cccnc1. The van der Waals surface area contributed by atoms with E-state index in [0.717, 1.165) is 32.1 Å². The molecule has 1 aromatic heterocycles. The number of unbranched alkanes of at least 4 members (excludes halogenated alkanes) is 8. The van der Waals surface area contributed by atoms with E-state index in [0.29, 0.717) is 6.61 Å². The summed E-state index contributed by atoms with van der Waals surface area (Å²) in [7, 11) is 0. The molecule has 2 heteroatoms. The first-order chi connectivity index (χ1) is 11.4. The van der Waals surface area contributed by atoms with Gasteiger partial charge in [0.1, 0.15) is 0 Å². The molecule has 2 nitrogen and oxygen atoms in total. The molecule has 0 aliphatic heterocycles. The Hall–Kier alpha value is -1.59. The lowest BCUT2D eigenvalue weighted by Gasteiger charge is -1.98. The Morgan fingerprint density at radius 2 is 1.83 bits per heavy atom. The second-order valence-corrected chi connectivity index (χ2v) is 5.93. The summed E-state index contributed by atoms with van der Waals surface area (Å²) in [5.41, 5.74) is 1.32. The summed E-state index contributed by atoms with van der Waals surface area (Å²) in [6.45, 7) is 0.338. The molecule has 1 aromatic rings. The van der Waals surface area contributed by atoms with Crippen molar-refractivity contribution in [3.63, 3.8) is 0 Å². The third-order valence-electron chi connectivity index (χ3n) is 3.82. The summed E-state index contributed by atoms with van der Waals surface area (Å²) in [4.78, 5) is 4.13. The van der Waals surface area contributed by atoms with Gasteiger partial charge in [0.15, 0.2) is 0 Å². The van der Waals surface area contributed by atoms with Gasteiger partial charge in [-0.15, -0.1) is 0 Å². The third-order valence-corrected chi connectivity index (χ3v) is 3.82. The number of allylic oxidation sites excluding steroid dienone is 2. The van der Waals surface area contributed by atoms with Crippen LogP contribution >= 0.6 is 0 Å². The van der Waals surface area contributed by atoms with Crippen molar-refractivity contribution in [2.45, 2.75) is 70.6 Å².